The van der Waals surface area contributed by atoms with Gasteiger partial charge in [-0.3, -0.25) is 9.69 Å². The molecule has 1 N–H and O–H groups in total. The molecular weight excluding hydrogens is 316 g/mol. The SMILES string of the molecule is CC(C)(C)OC(=O)N1CCc2cc(NC(=O)c3ccccc3)ccc21. The maximum atomic E-state index is 12.3. The fraction of sp³-hybridized carbons (Fsp3) is 0.300. The molecule has 25 heavy (non-hydrogen) atoms. The Hall–Kier alpha value is -2.82. The van der Waals surface area contributed by atoms with Crippen LogP contribution < -0.4 is 10.2 Å². The lowest BCUT2D eigenvalue weighted by atomic mass is 10.1. The number of amides is 2. The Labute approximate surface area is 147 Å². The van der Waals surface area contributed by atoms with Gasteiger partial charge in [-0.05, 0) is 63.1 Å². The Morgan fingerprint density at radius 3 is 2.48 bits per heavy atom. The first-order valence-corrected chi connectivity index (χ1v) is 8.33. The molecule has 0 bridgehead atoms. The Balaban J connectivity index is 1.73. The van der Waals surface area contributed by atoms with Gasteiger partial charge < -0.3 is 10.1 Å². The second-order valence-electron chi connectivity index (χ2n) is 7.05. The van der Waals surface area contributed by atoms with Gasteiger partial charge in [-0.25, -0.2) is 4.79 Å². The molecule has 0 atom stereocenters. The van der Waals surface area contributed by atoms with Gasteiger partial charge in [-0.1, -0.05) is 18.2 Å². The lowest BCUT2D eigenvalue weighted by molar-refractivity contribution is 0.0584. The van der Waals surface area contributed by atoms with Gasteiger partial charge in [0.1, 0.15) is 5.60 Å². The molecule has 2 aromatic carbocycles. The molecule has 2 aromatic rings. The minimum absolute atomic E-state index is 0.150. The van der Waals surface area contributed by atoms with Gasteiger partial charge in [0.05, 0.1) is 5.69 Å². The average molecular weight is 338 g/mol. The van der Waals surface area contributed by atoms with E-state index in [1.165, 1.54) is 0 Å². The molecule has 2 amide bonds. The van der Waals surface area contributed by atoms with Gasteiger partial charge in [0.25, 0.3) is 5.91 Å². The largest absolute Gasteiger partial charge is 0.443 e. The van der Waals surface area contributed by atoms with Crippen molar-refractivity contribution in [3.05, 3.63) is 59.7 Å². The number of ether oxygens (including phenoxy) is 1. The highest BCUT2D eigenvalue weighted by molar-refractivity contribution is 6.04. The second kappa shape index (κ2) is 6.59. The van der Waals surface area contributed by atoms with Gasteiger partial charge in [0.2, 0.25) is 0 Å². The van der Waals surface area contributed by atoms with Gasteiger partial charge >= 0.3 is 6.09 Å². The summed E-state index contributed by atoms with van der Waals surface area (Å²) in [5.41, 5.74) is 2.67. The molecular formula is C20H22N2O3. The van der Waals surface area contributed by atoms with E-state index in [1.807, 2.05) is 57.2 Å². The number of fused-ring (bicyclic) bond motifs is 1. The van der Waals surface area contributed by atoms with Crippen LogP contribution in [0.2, 0.25) is 0 Å². The van der Waals surface area contributed by atoms with Crippen LogP contribution in [0.1, 0.15) is 36.7 Å². The molecule has 5 heteroatoms. The topological polar surface area (TPSA) is 58.6 Å². The number of anilines is 2. The molecule has 1 aliphatic heterocycles. The van der Waals surface area contributed by atoms with Crippen molar-refractivity contribution in [2.75, 3.05) is 16.8 Å². The second-order valence-corrected chi connectivity index (χ2v) is 7.05. The van der Waals surface area contributed by atoms with Gasteiger partial charge in [0.15, 0.2) is 0 Å². The van der Waals surface area contributed by atoms with Crippen molar-refractivity contribution in [3.63, 3.8) is 0 Å². The third-order valence-electron chi connectivity index (χ3n) is 3.88. The van der Waals surface area contributed by atoms with Gasteiger partial charge in [-0.15, -0.1) is 0 Å². The summed E-state index contributed by atoms with van der Waals surface area (Å²) < 4.78 is 5.45. The van der Waals surface area contributed by atoms with E-state index in [-0.39, 0.29) is 12.0 Å². The maximum absolute atomic E-state index is 12.3. The predicted octanol–water partition coefficient (Wildman–Crippen LogP) is 4.24. The number of nitrogens with one attached hydrogen (secondary N) is 1. The number of hydrogen-bond donors (Lipinski definition) is 1. The number of carbonyl (C=O) groups excluding carboxylic acids is 2. The van der Waals surface area contributed by atoms with Crippen LogP contribution >= 0.6 is 0 Å². The zero-order valence-corrected chi connectivity index (χ0v) is 14.7. The van der Waals surface area contributed by atoms with E-state index in [9.17, 15) is 9.59 Å². The monoisotopic (exact) mass is 338 g/mol. The van der Waals surface area contributed by atoms with Crippen LogP contribution in [0, 0.1) is 0 Å². The van der Waals surface area contributed by atoms with Crippen LogP contribution in [0.25, 0.3) is 0 Å². The standard InChI is InChI=1S/C20H22N2O3/c1-20(2,3)25-19(24)22-12-11-15-13-16(9-10-17(15)22)21-18(23)14-7-5-4-6-8-14/h4-10,13H,11-12H2,1-3H3,(H,21,23). The number of hydrogen-bond acceptors (Lipinski definition) is 3. The van der Waals surface area contributed by atoms with Crippen molar-refractivity contribution < 1.29 is 14.3 Å². The summed E-state index contributed by atoms with van der Waals surface area (Å²) in [5, 5.41) is 2.90. The summed E-state index contributed by atoms with van der Waals surface area (Å²) >= 11 is 0. The van der Waals surface area contributed by atoms with E-state index in [0.717, 1.165) is 23.4 Å². The van der Waals surface area contributed by atoms with Crippen LogP contribution in [-0.4, -0.2) is 24.1 Å². The maximum Gasteiger partial charge on any atom is 0.414 e. The van der Waals surface area contributed by atoms with E-state index < -0.39 is 5.60 Å². The molecule has 0 fully saturated rings. The number of nitrogens with zero attached hydrogens (tertiary/aromatic N) is 1. The number of carbonyl (C=O) groups is 2. The predicted molar refractivity (Wildman–Crippen MR) is 98.1 cm³/mol. The molecule has 5 nitrogen and oxygen atoms in total. The number of rotatable bonds is 2. The lowest BCUT2D eigenvalue weighted by Gasteiger charge is -2.24. The summed E-state index contributed by atoms with van der Waals surface area (Å²) in [5.74, 6) is -0.150. The number of benzene rings is 2. The van der Waals surface area contributed by atoms with Crippen LogP contribution in [0.4, 0.5) is 16.2 Å². The summed E-state index contributed by atoms with van der Waals surface area (Å²) in [6.07, 6.45) is 0.399. The van der Waals surface area contributed by atoms with Crippen LogP contribution in [-0.2, 0) is 11.2 Å². The van der Waals surface area contributed by atoms with Crippen molar-refractivity contribution in [3.8, 4) is 0 Å². The zero-order chi connectivity index (χ0) is 18.0. The molecule has 0 saturated carbocycles. The Bertz CT molecular complexity index is 794. The first kappa shape index (κ1) is 17.0. The molecule has 130 valence electrons. The lowest BCUT2D eigenvalue weighted by Crippen LogP contribution is -2.35. The Morgan fingerprint density at radius 2 is 1.80 bits per heavy atom. The van der Waals surface area contributed by atoms with Crippen LogP contribution in [0.5, 0.6) is 0 Å². The molecule has 0 radical (unpaired) electrons. The van der Waals surface area contributed by atoms with E-state index >= 15 is 0 Å². The molecule has 0 aromatic heterocycles. The molecule has 3 rings (SSSR count). The summed E-state index contributed by atoms with van der Waals surface area (Å²) in [7, 11) is 0. The highest BCUT2D eigenvalue weighted by atomic mass is 16.6. The fourth-order valence-electron chi connectivity index (χ4n) is 2.78. The van der Waals surface area contributed by atoms with Gasteiger partial charge in [0, 0.05) is 17.8 Å². The minimum Gasteiger partial charge on any atom is -0.443 e. The highest BCUT2D eigenvalue weighted by Crippen LogP contribution is 2.31. The summed E-state index contributed by atoms with van der Waals surface area (Å²) in [6.45, 7) is 6.14. The molecule has 0 saturated heterocycles. The minimum atomic E-state index is -0.524. The van der Waals surface area contributed by atoms with Crippen molar-refractivity contribution in [2.24, 2.45) is 0 Å². The first-order valence-electron chi connectivity index (χ1n) is 8.33. The van der Waals surface area contributed by atoms with E-state index in [2.05, 4.69) is 5.32 Å². The Morgan fingerprint density at radius 1 is 1.08 bits per heavy atom. The van der Waals surface area contributed by atoms with Crippen LogP contribution in [0.15, 0.2) is 48.5 Å². The molecule has 0 aliphatic carbocycles. The van der Waals surface area contributed by atoms with Crippen LogP contribution in [0.3, 0.4) is 0 Å². The van der Waals surface area contributed by atoms with Crippen molar-refractivity contribution in [2.45, 2.75) is 32.8 Å². The van der Waals surface area contributed by atoms with Crippen molar-refractivity contribution in [1.82, 2.24) is 0 Å². The van der Waals surface area contributed by atoms with E-state index in [1.54, 1.807) is 17.0 Å². The average Bonchev–Trinajstić information content (AvgIpc) is 2.97. The highest BCUT2D eigenvalue weighted by Gasteiger charge is 2.29. The normalized spacial score (nSPS) is 13.3. The van der Waals surface area contributed by atoms with Gasteiger partial charge in [-0.2, -0.15) is 0 Å². The Kier molecular flexibility index (Phi) is 4.49. The molecule has 1 heterocycles. The van der Waals surface area contributed by atoms with Crippen molar-refractivity contribution in [1.29, 1.82) is 0 Å². The molecule has 1 aliphatic rings. The quantitative estimate of drug-likeness (QED) is 0.891. The van der Waals surface area contributed by atoms with E-state index in [4.69, 9.17) is 4.74 Å². The fourth-order valence-corrected chi connectivity index (χ4v) is 2.78. The van der Waals surface area contributed by atoms with E-state index in [0.29, 0.717) is 12.1 Å². The third kappa shape index (κ3) is 3.99. The molecule has 0 spiro atoms. The zero-order valence-electron chi connectivity index (χ0n) is 14.7. The first-order chi connectivity index (χ1) is 11.8. The smallest absolute Gasteiger partial charge is 0.414 e. The third-order valence-corrected chi connectivity index (χ3v) is 3.88. The molecule has 0 unspecified atom stereocenters. The summed E-state index contributed by atoms with van der Waals surface area (Å²) in [4.78, 5) is 26.2. The summed E-state index contributed by atoms with van der Waals surface area (Å²) in [6, 6.07) is 14.7. The van der Waals surface area contributed by atoms with Crippen molar-refractivity contribution >= 4 is 23.4 Å².